The summed E-state index contributed by atoms with van der Waals surface area (Å²) in [6.45, 7) is 9.26. The van der Waals surface area contributed by atoms with Crippen LogP contribution in [0, 0.1) is 0 Å². The van der Waals surface area contributed by atoms with Crippen LogP contribution in [0.4, 0.5) is 5.88 Å². The number of nitrogens with zero attached hydrogens (tertiary/aromatic N) is 2. The second-order valence-electron chi connectivity index (χ2n) is 9.63. The SMILES string of the molecule is CN(C1CCCC1)C(C)(C)C(=O)Nc1cc(C(C)(C)COC2CCCCO2)no1. The van der Waals surface area contributed by atoms with Gasteiger partial charge in [0.2, 0.25) is 11.8 Å². The minimum Gasteiger partial charge on any atom is -0.353 e. The monoisotopic (exact) mass is 407 g/mol. The third-order valence-electron chi connectivity index (χ3n) is 6.52. The number of carbonyl (C=O) groups excluding carboxylic acids is 1. The number of carbonyl (C=O) groups is 1. The number of anilines is 1. The van der Waals surface area contributed by atoms with Gasteiger partial charge < -0.3 is 14.0 Å². The average Bonchev–Trinajstić information content (AvgIpc) is 3.39. The van der Waals surface area contributed by atoms with Crippen molar-refractivity contribution in [1.29, 1.82) is 0 Å². The molecule has 1 saturated heterocycles. The Bertz CT molecular complexity index is 673. The third-order valence-corrected chi connectivity index (χ3v) is 6.52. The molecule has 7 nitrogen and oxygen atoms in total. The van der Waals surface area contributed by atoms with Crippen LogP contribution in [0.1, 0.15) is 78.3 Å². The molecule has 29 heavy (non-hydrogen) atoms. The van der Waals surface area contributed by atoms with Crippen LogP contribution >= 0.6 is 0 Å². The molecule has 0 radical (unpaired) electrons. The molecule has 2 aliphatic rings. The van der Waals surface area contributed by atoms with Gasteiger partial charge in [0.15, 0.2) is 6.29 Å². The van der Waals surface area contributed by atoms with E-state index in [1.165, 1.54) is 12.8 Å². The quantitative estimate of drug-likeness (QED) is 0.699. The first-order chi connectivity index (χ1) is 13.7. The number of amides is 1. The summed E-state index contributed by atoms with van der Waals surface area (Å²) in [7, 11) is 2.04. The third kappa shape index (κ3) is 5.38. The standard InChI is InChI=1S/C22H37N3O4/c1-21(2,15-28-19-12-8-9-13-27-19)17-14-18(29-24-17)23-20(26)22(3,4)25(5)16-10-6-7-11-16/h14,16,19H,6-13,15H2,1-5H3,(H,23,26). The van der Waals surface area contributed by atoms with Crippen molar-refractivity contribution in [3.8, 4) is 0 Å². The van der Waals surface area contributed by atoms with Crippen molar-refractivity contribution in [2.24, 2.45) is 0 Å². The molecule has 2 fully saturated rings. The second-order valence-corrected chi connectivity index (χ2v) is 9.63. The topological polar surface area (TPSA) is 76.8 Å². The molecule has 1 aliphatic carbocycles. The largest absolute Gasteiger partial charge is 0.353 e. The van der Waals surface area contributed by atoms with E-state index in [-0.39, 0.29) is 17.6 Å². The minimum absolute atomic E-state index is 0.0840. The molecule has 0 aromatic carbocycles. The lowest BCUT2D eigenvalue weighted by atomic mass is 9.90. The second kappa shape index (κ2) is 9.14. The van der Waals surface area contributed by atoms with Gasteiger partial charge >= 0.3 is 0 Å². The fourth-order valence-electron chi connectivity index (χ4n) is 4.04. The van der Waals surface area contributed by atoms with E-state index < -0.39 is 5.54 Å². The van der Waals surface area contributed by atoms with Crippen LogP contribution in [0.15, 0.2) is 10.6 Å². The number of hydrogen-bond donors (Lipinski definition) is 1. The summed E-state index contributed by atoms with van der Waals surface area (Å²) in [6, 6.07) is 2.26. The predicted molar refractivity (Wildman–Crippen MR) is 112 cm³/mol. The molecule has 1 atom stereocenters. The zero-order chi connectivity index (χ0) is 21.1. The van der Waals surface area contributed by atoms with E-state index in [4.69, 9.17) is 14.0 Å². The maximum Gasteiger partial charge on any atom is 0.246 e. The Morgan fingerprint density at radius 1 is 1.21 bits per heavy atom. The number of hydrogen-bond acceptors (Lipinski definition) is 6. The maximum absolute atomic E-state index is 12.9. The molecule has 1 unspecified atom stereocenters. The Kier molecular flexibility index (Phi) is 7.02. The highest BCUT2D eigenvalue weighted by Gasteiger charge is 2.38. The Morgan fingerprint density at radius 2 is 1.90 bits per heavy atom. The van der Waals surface area contributed by atoms with Crippen molar-refractivity contribution in [3.05, 3.63) is 11.8 Å². The summed E-state index contributed by atoms with van der Waals surface area (Å²) in [5.74, 6) is 0.291. The Hall–Kier alpha value is -1.44. The van der Waals surface area contributed by atoms with Gasteiger partial charge in [-0.3, -0.25) is 15.0 Å². The molecule has 3 rings (SSSR count). The number of ether oxygens (including phenoxy) is 2. The lowest BCUT2D eigenvalue weighted by Crippen LogP contribution is -2.54. The van der Waals surface area contributed by atoms with Crippen LogP contribution in [0.2, 0.25) is 0 Å². The first-order valence-corrected chi connectivity index (χ1v) is 10.9. The van der Waals surface area contributed by atoms with Crippen molar-refractivity contribution in [2.75, 3.05) is 25.6 Å². The first kappa shape index (κ1) is 22.2. The molecule has 0 bridgehead atoms. The summed E-state index contributed by atoms with van der Waals surface area (Å²) >= 11 is 0. The molecule has 1 saturated carbocycles. The molecule has 1 N–H and O–H groups in total. The summed E-state index contributed by atoms with van der Waals surface area (Å²) in [5, 5.41) is 7.09. The minimum atomic E-state index is -0.626. The van der Waals surface area contributed by atoms with Crippen LogP contribution in [-0.4, -0.2) is 54.1 Å². The van der Waals surface area contributed by atoms with E-state index in [2.05, 4.69) is 29.2 Å². The zero-order valence-electron chi connectivity index (χ0n) is 18.6. The lowest BCUT2D eigenvalue weighted by molar-refractivity contribution is -0.170. The van der Waals surface area contributed by atoms with Gasteiger partial charge in [-0.05, 0) is 53.0 Å². The highest BCUT2D eigenvalue weighted by molar-refractivity contribution is 5.96. The van der Waals surface area contributed by atoms with Crippen LogP contribution in [0.3, 0.4) is 0 Å². The van der Waals surface area contributed by atoms with E-state index in [1.54, 1.807) is 6.07 Å². The first-order valence-electron chi connectivity index (χ1n) is 10.9. The van der Waals surface area contributed by atoms with E-state index in [0.29, 0.717) is 18.5 Å². The Labute approximate surface area is 174 Å². The van der Waals surface area contributed by atoms with Gasteiger partial charge in [-0.2, -0.15) is 0 Å². The normalized spacial score (nSPS) is 21.7. The van der Waals surface area contributed by atoms with E-state index in [0.717, 1.165) is 44.4 Å². The molecular formula is C22H37N3O4. The summed E-state index contributed by atoms with van der Waals surface area (Å²) in [6.07, 6.45) is 7.80. The Morgan fingerprint density at radius 3 is 2.55 bits per heavy atom. The van der Waals surface area contributed by atoms with Crippen molar-refractivity contribution in [3.63, 3.8) is 0 Å². The average molecular weight is 408 g/mol. The van der Waals surface area contributed by atoms with Gasteiger partial charge in [-0.15, -0.1) is 0 Å². The summed E-state index contributed by atoms with van der Waals surface area (Å²) in [5.41, 5.74) is -0.215. The smallest absolute Gasteiger partial charge is 0.246 e. The van der Waals surface area contributed by atoms with Gasteiger partial charge in [-0.25, -0.2) is 0 Å². The Balaban J connectivity index is 1.57. The van der Waals surface area contributed by atoms with Crippen LogP contribution in [0.25, 0.3) is 0 Å². The highest BCUT2D eigenvalue weighted by Crippen LogP contribution is 2.30. The van der Waals surface area contributed by atoms with Crippen molar-refractivity contribution in [2.45, 2.75) is 95.9 Å². The fourth-order valence-corrected chi connectivity index (χ4v) is 4.04. The van der Waals surface area contributed by atoms with Gasteiger partial charge in [-0.1, -0.05) is 31.8 Å². The van der Waals surface area contributed by atoms with Gasteiger partial charge in [0.1, 0.15) is 0 Å². The lowest BCUT2D eigenvalue weighted by Gasteiger charge is -2.38. The van der Waals surface area contributed by atoms with Crippen molar-refractivity contribution >= 4 is 11.8 Å². The number of aromatic nitrogens is 1. The van der Waals surface area contributed by atoms with Gasteiger partial charge in [0.05, 0.1) is 17.8 Å². The van der Waals surface area contributed by atoms with Crippen LogP contribution < -0.4 is 5.32 Å². The van der Waals surface area contributed by atoms with E-state index in [9.17, 15) is 4.79 Å². The molecule has 1 amide bonds. The van der Waals surface area contributed by atoms with Gasteiger partial charge in [0.25, 0.3) is 0 Å². The predicted octanol–water partition coefficient (Wildman–Crippen LogP) is 4.09. The number of rotatable bonds is 8. The molecule has 1 aromatic rings. The zero-order valence-corrected chi connectivity index (χ0v) is 18.6. The van der Waals surface area contributed by atoms with Crippen LogP contribution in [-0.2, 0) is 19.7 Å². The molecule has 1 aliphatic heterocycles. The maximum atomic E-state index is 12.9. The number of likely N-dealkylation sites (N-methyl/N-ethyl adjacent to an activating group) is 1. The van der Waals surface area contributed by atoms with Gasteiger partial charge in [0, 0.05) is 24.1 Å². The summed E-state index contributed by atoms with van der Waals surface area (Å²) in [4.78, 5) is 15.1. The molecule has 0 spiro atoms. The fraction of sp³-hybridized carbons (Fsp3) is 0.818. The number of nitrogens with one attached hydrogen (secondary N) is 1. The molecule has 7 heteroatoms. The molecular weight excluding hydrogens is 370 g/mol. The molecule has 164 valence electrons. The van der Waals surface area contributed by atoms with Crippen molar-refractivity contribution < 1.29 is 18.8 Å². The molecule has 1 aromatic heterocycles. The highest BCUT2D eigenvalue weighted by atomic mass is 16.7. The summed E-state index contributed by atoms with van der Waals surface area (Å²) < 4.78 is 17.0. The van der Waals surface area contributed by atoms with E-state index in [1.807, 2.05) is 20.9 Å². The van der Waals surface area contributed by atoms with E-state index >= 15 is 0 Å². The van der Waals surface area contributed by atoms with Crippen LogP contribution in [0.5, 0.6) is 0 Å². The van der Waals surface area contributed by atoms with Crippen molar-refractivity contribution in [1.82, 2.24) is 10.1 Å². The molecule has 2 heterocycles.